The minimum absolute atomic E-state index is 0.174. The molecule has 2 rings (SSSR count). The molecule has 0 spiro atoms. The third-order valence-electron chi connectivity index (χ3n) is 3.13. The summed E-state index contributed by atoms with van der Waals surface area (Å²) in [6, 6.07) is 9.47. The third kappa shape index (κ3) is 2.53. The lowest BCUT2D eigenvalue weighted by Gasteiger charge is -2.21. The predicted molar refractivity (Wildman–Crippen MR) is 61.9 cm³/mol. The number of hydrogen-bond donors (Lipinski definition) is 0. The number of likely N-dealkylation sites (tertiary alicyclic amines) is 1. The highest BCUT2D eigenvalue weighted by Crippen LogP contribution is 2.19. The number of benzene rings is 1. The summed E-state index contributed by atoms with van der Waals surface area (Å²) in [4.78, 5) is 22.9. The molecule has 1 aliphatic rings. The molecule has 0 radical (unpaired) electrons. The second-order valence-electron chi connectivity index (χ2n) is 4.33. The van der Waals surface area contributed by atoms with E-state index in [1.165, 1.54) is 0 Å². The molecule has 1 fully saturated rings. The number of quaternary nitrogens is 1. The van der Waals surface area contributed by atoms with E-state index in [-0.39, 0.29) is 11.1 Å². The smallest absolute Gasteiger partial charge is 0.415 e. The minimum atomic E-state index is -0.429. The van der Waals surface area contributed by atoms with Gasteiger partial charge in [-0.05, 0) is 5.56 Å². The Kier molecular flexibility index (Phi) is 3.54. The van der Waals surface area contributed by atoms with Crippen LogP contribution in [0.5, 0.6) is 0 Å². The minimum Gasteiger partial charge on any atom is -0.415 e. The molecule has 1 aliphatic heterocycles. The van der Waals surface area contributed by atoms with Gasteiger partial charge >= 0.3 is 12.5 Å². The van der Waals surface area contributed by atoms with Crippen LogP contribution in [0.25, 0.3) is 0 Å². The number of carbonyl (C=O) groups excluding carboxylic acids is 2. The molecule has 4 nitrogen and oxygen atoms in total. The van der Waals surface area contributed by atoms with Crippen molar-refractivity contribution in [3.05, 3.63) is 35.9 Å². The summed E-state index contributed by atoms with van der Waals surface area (Å²) in [5, 5.41) is 0. The van der Waals surface area contributed by atoms with Crippen LogP contribution >= 0.6 is 0 Å². The van der Waals surface area contributed by atoms with Crippen LogP contribution in [0.15, 0.2) is 30.3 Å². The van der Waals surface area contributed by atoms with Crippen LogP contribution in [0.3, 0.4) is 0 Å². The molecule has 4 heteroatoms. The van der Waals surface area contributed by atoms with E-state index < -0.39 is 6.09 Å². The molecule has 0 N–H and O–H groups in total. The number of ether oxygens (including phenoxy) is 1. The molecule has 1 aromatic rings. The van der Waals surface area contributed by atoms with Gasteiger partial charge in [0.2, 0.25) is 0 Å². The second-order valence-corrected chi connectivity index (χ2v) is 4.33. The lowest BCUT2D eigenvalue weighted by atomic mass is 10.2. The monoisotopic (exact) mass is 234 g/mol. The third-order valence-corrected chi connectivity index (χ3v) is 3.13. The van der Waals surface area contributed by atoms with Crippen molar-refractivity contribution < 1.29 is 18.8 Å². The summed E-state index contributed by atoms with van der Waals surface area (Å²) in [7, 11) is 0. The number of amides is 2. The van der Waals surface area contributed by atoms with Gasteiger partial charge in [0.1, 0.15) is 6.61 Å². The average Bonchev–Trinajstić information content (AvgIpc) is 2.87. The van der Waals surface area contributed by atoms with E-state index in [2.05, 4.69) is 0 Å². The topological polar surface area (TPSA) is 43.4 Å². The van der Waals surface area contributed by atoms with Gasteiger partial charge in [-0.1, -0.05) is 30.3 Å². The zero-order valence-electron chi connectivity index (χ0n) is 9.67. The molecular weight excluding hydrogens is 218 g/mol. The van der Waals surface area contributed by atoms with Crippen LogP contribution in [0.1, 0.15) is 18.4 Å². The number of hydrogen-bond acceptors (Lipinski definition) is 3. The first-order chi connectivity index (χ1) is 8.27. The second kappa shape index (κ2) is 5.10. The Morgan fingerprint density at radius 2 is 1.88 bits per heavy atom. The molecule has 1 saturated heterocycles. The molecule has 17 heavy (non-hydrogen) atoms. The number of carbonyl (C=O) groups is 2. The van der Waals surface area contributed by atoms with Crippen molar-refractivity contribution in [1.29, 1.82) is 0 Å². The maximum absolute atomic E-state index is 11.9. The Hall–Kier alpha value is -1.68. The fourth-order valence-corrected chi connectivity index (χ4v) is 2.08. The van der Waals surface area contributed by atoms with E-state index in [1.807, 2.05) is 30.3 Å². The van der Waals surface area contributed by atoms with E-state index >= 15 is 0 Å². The first-order valence-electron chi connectivity index (χ1n) is 5.81. The van der Waals surface area contributed by atoms with Gasteiger partial charge < -0.3 is 4.74 Å². The van der Waals surface area contributed by atoms with Gasteiger partial charge in [-0.2, -0.15) is 9.28 Å². The van der Waals surface area contributed by atoms with E-state index in [4.69, 9.17) is 4.74 Å². The quantitative estimate of drug-likeness (QED) is 0.594. The zero-order chi connectivity index (χ0) is 12.1. The fourth-order valence-electron chi connectivity index (χ4n) is 2.08. The largest absolute Gasteiger partial charge is 0.523 e. The molecule has 2 amide bonds. The van der Waals surface area contributed by atoms with Crippen LogP contribution in [-0.2, 0) is 16.1 Å². The zero-order valence-corrected chi connectivity index (χ0v) is 9.67. The van der Waals surface area contributed by atoms with Crippen molar-refractivity contribution >= 4 is 12.5 Å². The van der Waals surface area contributed by atoms with Gasteiger partial charge in [-0.25, -0.2) is 4.79 Å². The van der Waals surface area contributed by atoms with Gasteiger partial charge in [0.25, 0.3) is 0 Å². The molecule has 1 heterocycles. The van der Waals surface area contributed by atoms with Crippen LogP contribution in [0.4, 0.5) is 4.79 Å². The molecule has 90 valence electrons. The van der Waals surface area contributed by atoms with Crippen LogP contribution < -0.4 is 0 Å². The first kappa shape index (κ1) is 11.8. The summed E-state index contributed by atoms with van der Waals surface area (Å²) in [5.74, 6) is 0. The van der Waals surface area contributed by atoms with Crippen molar-refractivity contribution in [2.45, 2.75) is 19.4 Å². The summed E-state index contributed by atoms with van der Waals surface area (Å²) in [6.45, 7) is 1.36. The highest BCUT2D eigenvalue weighted by atomic mass is 16.6. The van der Waals surface area contributed by atoms with Crippen LogP contribution in [-0.4, -0.2) is 30.1 Å². The van der Waals surface area contributed by atoms with Gasteiger partial charge in [0.15, 0.2) is 0 Å². The highest BCUT2D eigenvalue weighted by molar-refractivity contribution is 5.69. The molecule has 0 aromatic heterocycles. The number of imide groups is 1. The maximum Gasteiger partial charge on any atom is 0.523 e. The van der Waals surface area contributed by atoms with Crippen molar-refractivity contribution in [2.24, 2.45) is 0 Å². The molecular formula is C13H16NO3+. The summed E-state index contributed by atoms with van der Waals surface area (Å²) in [5.41, 5.74) is 0.934. The summed E-state index contributed by atoms with van der Waals surface area (Å²) in [6.07, 6.45) is 2.08. The van der Waals surface area contributed by atoms with Crippen molar-refractivity contribution in [2.75, 3.05) is 13.1 Å². The Bertz CT molecular complexity index is 396. The van der Waals surface area contributed by atoms with E-state index in [0.717, 1.165) is 18.4 Å². The molecule has 0 bridgehead atoms. The molecule has 0 atom stereocenters. The van der Waals surface area contributed by atoms with E-state index in [0.29, 0.717) is 19.5 Å². The normalized spacial score (nSPS) is 17.6. The van der Waals surface area contributed by atoms with Gasteiger partial charge in [-0.3, -0.25) is 0 Å². The van der Waals surface area contributed by atoms with E-state index in [1.54, 1.807) is 0 Å². The predicted octanol–water partition coefficient (Wildman–Crippen LogP) is 2.09. The standard InChI is InChI=1S/C13H16NO3/c15-11-14(8-4-5-9-14)13(16)17-10-12-6-2-1-3-7-12/h1-3,6-7,11H,4-5,8-10H2/q+1. The lowest BCUT2D eigenvalue weighted by molar-refractivity contribution is -0.759. The maximum atomic E-state index is 11.9. The van der Waals surface area contributed by atoms with Gasteiger partial charge in [-0.15, -0.1) is 0 Å². The Morgan fingerprint density at radius 3 is 2.47 bits per heavy atom. The van der Waals surface area contributed by atoms with Crippen molar-refractivity contribution in [3.63, 3.8) is 0 Å². The Labute approximate surface area is 100 Å². The SMILES string of the molecule is O=C[N+]1(C(=O)OCc2ccccc2)CCCC1. The molecule has 0 saturated carbocycles. The van der Waals surface area contributed by atoms with Gasteiger partial charge in [0.05, 0.1) is 13.1 Å². The number of rotatable bonds is 3. The van der Waals surface area contributed by atoms with Crippen molar-refractivity contribution in [3.8, 4) is 0 Å². The molecule has 0 aliphatic carbocycles. The molecule has 1 aromatic carbocycles. The fraction of sp³-hybridized carbons (Fsp3) is 0.385. The highest BCUT2D eigenvalue weighted by Gasteiger charge is 2.42. The average molecular weight is 234 g/mol. The summed E-state index contributed by atoms with van der Waals surface area (Å²) < 4.78 is 5.03. The Balaban J connectivity index is 1.95. The molecule has 0 unspecified atom stereocenters. The summed E-state index contributed by atoms with van der Waals surface area (Å²) >= 11 is 0. The van der Waals surface area contributed by atoms with Crippen LogP contribution in [0.2, 0.25) is 0 Å². The van der Waals surface area contributed by atoms with E-state index in [9.17, 15) is 9.59 Å². The number of nitrogens with zero attached hydrogens (tertiary/aromatic N) is 1. The van der Waals surface area contributed by atoms with Crippen molar-refractivity contribution in [1.82, 2.24) is 0 Å². The first-order valence-corrected chi connectivity index (χ1v) is 5.81. The Morgan fingerprint density at radius 1 is 1.24 bits per heavy atom. The van der Waals surface area contributed by atoms with Crippen LogP contribution in [0, 0.1) is 0 Å². The lowest BCUT2D eigenvalue weighted by Crippen LogP contribution is -2.49. The van der Waals surface area contributed by atoms with Gasteiger partial charge in [0, 0.05) is 12.8 Å².